The van der Waals surface area contributed by atoms with Crippen LogP contribution in [0, 0.1) is 6.92 Å². The van der Waals surface area contributed by atoms with E-state index in [1.165, 1.54) is 6.07 Å². The van der Waals surface area contributed by atoms with Gasteiger partial charge in [0, 0.05) is 24.0 Å². The van der Waals surface area contributed by atoms with Crippen molar-refractivity contribution in [2.24, 2.45) is 5.14 Å². The summed E-state index contributed by atoms with van der Waals surface area (Å²) in [5.74, 6) is 0.905. The van der Waals surface area contributed by atoms with E-state index in [0.29, 0.717) is 24.2 Å². The Morgan fingerprint density at radius 3 is 2.44 bits per heavy atom. The van der Waals surface area contributed by atoms with E-state index in [4.69, 9.17) is 10.1 Å². The number of pyridine rings is 1. The van der Waals surface area contributed by atoms with E-state index in [2.05, 4.69) is 21.8 Å². The van der Waals surface area contributed by atoms with Crippen molar-refractivity contribution in [2.45, 2.75) is 57.9 Å². The molecule has 0 aliphatic rings. The van der Waals surface area contributed by atoms with Gasteiger partial charge in [0.25, 0.3) is 0 Å². The SMILES string of the molecule is CCCC(=O)Nc1cnc2c(nc(CCC)n2Cc2ccc(-c3ccccc3S(N)(=O)=O)cc2)c1C. The molecule has 0 unspecified atom stereocenters. The number of carbonyl (C=O) groups is 1. The number of aromatic nitrogens is 3. The highest BCUT2D eigenvalue weighted by Crippen LogP contribution is 2.28. The van der Waals surface area contributed by atoms with Crippen LogP contribution in [-0.4, -0.2) is 28.9 Å². The molecule has 4 aromatic rings. The third-order valence-corrected chi connectivity index (χ3v) is 7.09. The summed E-state index contributed by atoms with van der Waals surface area (Å²) >= 11 is 0. The van der Waals surface area contributed by atoms with Crippen LogP contribution >= 0.6 is 0 Å². The third kappa shape index (κ3) is 5.32. The number of hydrogen-bond donors (Lipinski definition) is 2. The molecule has 0 aliphatic carbocycles. The molecule has 188 valence electrons. The molecule has 0 bridgehead atoms. The quantitative estimate of drug-likeness (QED) is 0.339. The van der Waals surface area contributed by atoms with Crippen molar-refractivity contribution < 1.29 is 13.2 Å². The Kier molecular flexibility index (Phi) is 7.51. The zero-order valence-electron chi connectivity index (χ0n) is 20.8. The van der Waals surface area contributed by atoms with Crippen LogP contribution in [0.5, 0.6) is 0 Å². The molecule has 8 nitrogen and oxygen atoms in total. The molecule has 0 atom stereocenters. The number of primary sulfonamides is 1. The zero-order valence-corrected chi connectivity index (χ0v) is 21.6. The fourth-order valence-electron chi connectivity index (χ4n) is 4.29. The minimum Gasteiger partial charge on any atom is -0.324 e. The lowest BCUT2D eigenvalue weighted by molar-refractivity contribution is -0.116. The van der Waals surface area contributed by atoms with Crippen molar-refractivity contribution in [3.8, 4) is 11.1 Å². The number of nitrogens with one attached hydrogen (secondary N) is 1. The number of nitrogens with zero attached hydrogens (tertiary/aromatic N) is 3. The normalized spacial score (nSPS) is 11.7. The first kappa shape index (κ1) is 25.5. The summed E-state index contributed by atoms with van der Waals surface area (Å²) in [5.41, 5.74) is 5.51. The third-order valence-electron chi connectivity index (χ3n) is 6.12. The molecule has 3 N–H and O–H groups in total. The van der Waals surface area contributed by atoms with Gasteiger partial charge in [-0.3, -0.25) is 4.79 Å². The number of carbonyl (C=O) groups excluding carboxylic acids is 1. The Bertz CT molecular complexity index is 1510. The number of fused-ring (bicyclic) bond motifs is 1. The van der Waals surface area contributed by atoms with Crippen molar-refractivity contribution in [2.75, 3.05) is 5.32 Å². The van der Waals surface area contributed by atoms with E-state index in [1.807, 2.05) is 38.1 Å². The van der Waals surface area contributed by atoms with Crippen LogP contribution in [-0.2, 0) is 27.8 Å². The molecule has 2 aromatic carbocycles. The van der Waals surface area contributed by atoms with Crippen LogP contribution in [0.4, 0.5) is 5.69 Å². The summed E-state index contributed by atoms with van der Waals surface area (Å²) in [4.78, 5) is 21.8. The summed E-state index contributed by atoms with van der Waals surface area (Å²) < 4.78 is 26.1. The van der Waals surface area contributed by atoms with Gasteiger partial charge in [0.15, 0.2) is 5.65 Å². The molecule has 4 rings (SSSR count). The average Bonchev–Trinajstić information content (AvgIpc) is 3.19. The van der Waals surface area contributed by atoms with E-state index in [9.17, 15) is 13.2 Å². The minimum atomic E-state index is -3.83. The maximum atomic E-state index is 12.1. The van der Waals surface area contributed by atoms with Gasteiger partial charge >= 0.3 is 0 Å². The molecule has 1 amide bonds. The van der Waals surface area contributed by atoms with Gasteiger partial charge in [-0.25, -0.2) is 23.5 Å². The van der Waals surface area contributed by atoms with Gasteiger partial charge in [-0.1, -0.05) is 56.3 Å². The number of nitrogens with two attached hydrogens (primary N) is 1. The first-order chi connectivity index (χ1) is 17.2. The lowest BCUT2D eigenvalue weighted by atomic mass is 10.0. The van der Waals surface area contributed by atoms with Crippen molar-refractivity contribution in [3.63, 3.8) is 0 Å². The topological polar surface area (TPSA) is 120 Å². The molecule has 0 fully saturated rings. The lowest BCUT2D eigenvalue weighted by Gasteiger charge is -2.12. The van der Waals surface area contributed by atoms with E-state index in [0.717, 1.165) is 52.9 Å². The van der Waals surface area contributed by atoms with Gasteiger partial charge in [0.2, 0.25) is 15.9 Å². The summed E-state index contributed by atoms with van der Waals surface area (Å²) in [6, 6.07) is 14.5. The zero-order chi connectivity index (χ0) is 25.9. The molecule has 0 saturated carbocycles. The Morgan fingerprint density at radius 1 is 1.06 bits per heavy atom. The van der Waals surface area contributed by atoms with Gasteiger partial charge in [-0.05, 0) is 37.0 Å². The van der Waals surface area contributed by atoms with Crippen molar-refractivity contribution in [3.05, 3.63) is 71.7 Å². The number of aryl methyl sites for hydroxylation is 2. The van der Waals surface area contributed by atoms with E-state index in [1.54, 1.807) is 24.4 Å². The molecule has 2 heterocycles. The second-order valence-electron chi connectivity index (χ2n) is 8.87. The van der Waals surface area contributed by atoms with Gasteiger partial charge in [0.1, 0.15) is 11.3 Å². The van der Waals surface area contributed by atoms with Crippen LogP contribution in [0.3, 0.4) is 0 Å². The van der Waals surface area contributed by atoms with Crippen LogP contribution in [0.15, 0.2) is 59.6 Å². The number of amides is 1. The molecule has 36 heavy (non-hydrogen) atoms. The van der Waals surface area contributed by atoms with Gasteiger partial charge in [-0.2, -0.15) is 0 Å². The first-order valence-electron chi connectivity index (χ1n) is 12.1. The maximum Gasteiger partial charge on any atom is 0.238 e. The Labute approximate surface area is 211 Å². The second-order valence-corrected chi connectivity index (χ2v) is 10.4. The van der Waals surface area contributed by atoms with Crippen LogP contribution in [0.2, 0.25) is 0 Å². The number of imidazole rings is 1. The highest BCUT2D eigenvalue weighted by Gasteiger charge is 2.18. The summed E-state index contributed by atoms with van der Waals surface area (Å²) in [6.07, 6.45) is 4.68. The molecule has 0 aliphatic heterocycles. The van der Waals surface area contributed by atoms with E-state index >= 15 is 0 Å². The standard InChI is InChI=1S/C27H31N5O3S/c1-4-8-24-31-26-18(3)22(30-25(33)9-5-2)16-29-27(26)32(24)17-19-12-14-20(15-13-19)21-10-6-7-11-23(21)36(28,34)35/h6-7,10-16H,4-5,8-9,17H2,1-3H3,(H,30,33)(H2,28,34,35). The Hall–Kier alpha value is -3.56. The van der Waals surface area contributed by atoms with Gasteiger partial charge in [0.05, 0.1) is 23.3 Å². The number of benzene rings is 2. The van der Waals surface area contributed by atoms with Crippen LogP contribution in [0.1, 0.15) is 50.1 Å². The molecule has 0 saturated heterocycles. The molecule has 9 heteroatoms. The predicted octanol–water partition coefficient (Wildman–Crippen LogP) is 4.79. The van der Waals surface area contributed by atoms with Gasteiger partial charge < -0.3 is 9.88 Å². The molecule has 0 radical (unpaired) electrons. The fraction of sp³-hybridized carbons (Fsp3) is 0.296. The number of rotatable bonds is 9. The number of sulfonamides is 1. The number of hydrogen-bond acceptors (Lipinski definition) is 5. The highest BCUT2D eigenvalue weighted by molar-refractivity contribution is 7.89. The minimum absolute atomic E-state index is 0.0286. The highest BCUT2D eigenvalue weighted by atomic mass is 32.2. The molecular formula is C27H31N5O3S. The Morgan fingerprint density at radius 2 is 1.78 bits per heavy atom. The predicted molar refractivity (Wildman–Crippen MR) is 142 cm³/mol. The van der Waals surface area contributed by atoms with Crippen molar-refractivity contribution >= 4 is 32.8 Å². The monoisotopic (exact) mass is 505 g/mol. The smallest absolute Gasteiger partial charge is 0.238 e. The Balaban J connectivity index is 1.68. The molecule has 0 spiro atoms. The van der Waals surface area contributed by atoms with Crippen LogP contribution < -0.4 is 10.5 Å². The lowest BCUT2D eigenvalue weighted by Crippen LogP contribution is -2.13. The van der Waals surface area contributed by atoms with Crippen molar-refractivity contribution in [1.82, 2.24) is 14.5 Å². The maximum absolute atomic E-state index is 12.1. The largest absolute Gasteiger partial charge is 0.324 e. The van der Waals surface area contributed by atoms with E-state index in [-0.39, 0.29) is 10.8 Å². The summed E-state index contributed by atoms with van der Waals surface area (Å²) in [7, 11) is -3.83. The molecule has 2 aromatic heterocycles. The van der Waals surface area contributed by atoms with Crippen molar-refractivity contribution in [1.29, 1.82) is 0 Å². The van der Waals surface area contributed by atoms with E-state index < -0.39 is 10.0 Å². The summed E-state index contributed by atoms with van der Waals surface area (Å²) in [5, 5.41) is 8.36. The number of anilines is 1. The first-order valence-corrected chi connectivity index (χ1v) is 13.6. The fourth-order valence-corrected chi connectivity index (χ4v) is 5.05. The average molecular weight is 506 g/mol. The van der Waals surface area contributed by atoms with Gasteiger partial charge in [-0.15, -0.1) is 0 Å². The molecular weight excluding hydrogens is 474 g/mol. The second kappa shape index (κ2) is 10.6. The van der Waals surface area contributed by atoms with Crippen LogP contribution in [0.25, 0.3) is 22.3 Å². The summed E-state index contributed by atoms with van der Waals surface area (Å²) in [6.45, 7) is 6.60.